The predicted molar refractivity (Wildman–Crippen MR) is 134 cm³/mol. The number of benzene rings is 2. The molecule has 1 atom stereocenters. The second-order valence-corrected chi connectivity index (χ2v) is 12.0. The van der Waals surface area contributed by atoms with E-state index in [4.69, 9.17) is 34.8 Å². The first-order valence-electron chi connectivity index (χ1n) is 10.3. The van der Waals surface area contributed by atoms with Gasteiger partial charge in [-0.05, 0) is 48.2 Å². The zero-order valence-electron chi connectivity index (χ0n) is 17.4. The molecule has 0 saturated carbocycles. The molecule has 1 saturated heterocycles. The topological polar surface area (TPSA) is 66.5 Å². The van der Waals surface area contributed by atoms with Crippen LogP contribution in [-0.4, -0.2) is 44.0 Å². The standard InChI is InChI=1S/C22H25Cl3N2O3S2/c23-19-6-3-16(4-7-19)14-31-11-9-26-22(28)18-2-1-10-27(13-18)32(29,30)15-17-5-8-20(24)21(25)12-17/h3-8,12,18H,1-2,9-11,13-15H2,(H,26,28)/t18-/m1/s1. The SMILES string of the molecule is O=C(NCCSCc1ccc(Cl)cc1)[C@@H]1CCCN(S(=O)(=O)Cc2ccc(Cl)c(Cl)c2)C1. The molecule has 1 amide bonds. The largest absolute Gasteiger partial charge is 0.355 e. The summed E-state index contributed by atoms with van der Waals surface area (Å²) in [7, 11) is -3.56. The summed E-state index contributed by atoms with van der Waals surface area (Å²) in [5.74, 6) is 1.03. The van der Waals surface area contributed by atoms with Crippen molar-refractivity contribution >= 4 is 62.5 Å². The smallest absolute Gasteiger partial charge is 0.224 e. The minimum Gasteiger partial charge on any atom is -0.355 e. The van der Waals surface area contributed by atoms with Crippen LogP contribution in [0.25, 0.3) is 0 Å². The van der Waals surface area contributed by atoms with Crippen LogP contribution in [0.1, 0.15) is 24.0 Å². The van der Waals surface area contributed by atoms with Crippen LogP contribution in [0.4, 0.5) is 0 Å². The van der Waals surface area contributed by atoms with Gasteiger partial charge in [-0.15, -0.1) is 0 Å². The number of halogens is 3. The van der Waals surface area contributed by atoms with Gasteiger partial charge in [-0.2, -0.15) is 11.8 Å². The van der Waals surface area contributed by atoms with Gasteiger partial charge in [0.2, 0.25) is 15.9 Å². The molecule has 1 aliphatic heterocycles. The summed E-state index contributed by atoms with van der Waals surface area (Å²) in [6.07, 6.45) is 1.34. The van der Waals surface area contributed by atoms with E-state index >= 15 is 0 Å². The molecule has 32 heavy (non-hydrogen) atoms. The highest BCUT2D eigenvalue weighted by atomic mass is 35.5. The molecule has 1 aliphatic rings. The van der Waals surface area contributed by atoms with E-state index in [2.05, 4.69) is 5.32 Å². The Morgan fingerprint density at radius 3 is 2.50 bits per heavy atom. The van der Waals surface area contributed by atoms with Gasteiger partial charge in [0.25, 0.3) is 0 Å². The van der Waals surface area contributed by atoms with Crippen molar-refractivity contribution in [2.24, 2.45) is 5.92 Å². The number of hydrogen-bond acceptors (Lipinski definition) is 4. The third-order valence-corrected chi connectivity index (χ3v) is 9.05. The molecule has 3 rings (SSSR count). The molecule has 0 spiro atoms. The second kappa shape index (κ2) is 12.0. The highest BCUT2D eigenvalue weighted by Crippen LogP contribution is 2.26. The summed E-state index contributed by atoms with van der Waals surface area (Å²) in [5.41, 5.74) is 1.75. The number of carbonyl (C=O) groups is 1. The van der Waals surface area contributed by atoms with Gasteiger partial charge in [-0.3, -0.25) is 4.79 Å². The van der Waals surface area contributed by atoms with Crippen molar-refractivity contribution in [3.8, 4) is 0 Å². The summed E-state index contributed by atoms with van der Waals surface area (Å²) in [4.78, 5) is 12.6. The van der Waals surface area contributed by atoms with Crippen molar-refractivity contribution in [3.05, 3.63) is 68.7 Å². The highest BCUT2D eigenvalue weighted by Gasteiger charge is 2.32. The molecule has 174 valence electrons. The third kappa shape index (κ3) is 7.54. The summed E-state index contributed by atoms with van der Waals surface area (Å²) < 4.78 is 27.2. The van der Waals surface area contributed by atoms with E-state index in [0.717, 1.165) is 11.5 Å². The number of rotatable bonds is 9. The number of piperidine rings is 1. The van der Waals surface area contributed by atoms with Crippen LogP contribution in [-0.2, 0) is 26.3 Å². The van der Waals surface area contributed by atoms with Crippen molar-refractivity contribution in [2.75, 3.05) is 25.4 Å². The van der Waals surface area contributed by atoms with E-state index in [1.807, 2.05) is 24.3 Å². The van der Waals surface area contributed by atoms with Crippen LogP contribution in [0.5, 0.6) is 0 Å². The Kier molecular flexibility index (Phi) is 9.58. The normalized spacial score (nSPS) is 17.3. The van der Waals surface area contributed by atoms with Crippen molar-refractivity contribution < 1.29 is 13.2 Å². The third-order valence-electron chi connectivity index (χ3n) is 5.21. The number of thioether (sulfide) groups is 1. The predicted octanol–water partition coefficient (Wildman–Crippen LogP) is 5.24. The maximum atomic E-state index is 12.9. The lowest BCUT2D eigenvalue weighted by Crippen LogP contribution is -2.46. The fourth-order valence-corrected chi connectivity index (χ4v) is 6.37. The molecule has 0 unspecified atom stereocenters. The van der Waals surface area contributed by atoms with Crippen molar-refractivity contribution in [1.82, 2.24) is 9.62 Å². The summed E-state index contributed by atoms with van der Waals surface area (Å²) >= 11 is 19.5. The average Bonchev–Trinajstić information content (AvgIpc) is 2.77. The summed E-state index contributed by atoms with van der Waals surface area (Å²) in [5, 5.41) is 4.37. The Labute approximate surface area is 208 Å². The molecule has 5 nitrogen and oxygen atoms in total. The minimum absolute atomic E-state index is 0.0912. The first kappa shape index (κ1) is 25.7. The van der Waals surface area contributed by atoms with Gasteiger partial charge in [0.1, 0.15) is 0 Å². The van der Waals surface area contributed by atoms with E-state index in [9.17, 15) is 13.2 Å². The fraction of sp³-hybridized carbons (Fsp3) is 0.409. The fourth-order valence-electron chi connectivity index (χ4n) is 3.50. The highest BCUT2D eigenvalue weighted by molar-refractivity contribution is 7.98. The van der Waals surface area contributed by atoms with Gasteiger partial charge in [-0.25, -0.2) is 12.7 Å². The maximum absolute atomic E-state index is 12.9. The lowest BCUT2D eigenvalue weighted by Gasteiger charge is -2.31. The molecule has 0 aliphatic carbocycles. The lowest BCUT2D eigenvalue weighted by atomic mass is 9.99. The number of nitrogens with zero attached hydrogens (tertiary/aromatic N) is 1. The Bertz CT molecular complexity index is 1030. The molecule has 0 bridgehead atoms. The molecule has 1 N–H and O–H groups in total. The Morgan fingerprint density at radius 2 is 1.78 bits per heavy atom. The molecule has 0 radical (unpaired) electrons. The average molecular weight is 536 g/mol. The molecule has 10 heteroatoms. The zero-order chi connectivity index (χ0) is 23.1. The molecule has 1 heterocycles. The quantitative estimate of drug-likeness (QED) is 0.446. The number of nitrogens with one attached hydrogen (secondary N) is 1. The van der Waals surface area contributed by atoms with Gasteiger partial charge in [-0.1, -0.05) is 53.0 Å². The Morgan fingerprint density at radius 1 is 1.06 bits per heavy atom. The van der Waals surface area contributed by atoms with E-state index < -0.39 is 10.0 Å². The lowest BCUT2D eigenvalue weighted by molar-refractivity contribution is -0.125. The summed E-state index contributed by atoms with van der Waals surface area (Å²) in [6, 6.07) is 12.5. The van der Waals surface area contributed by atoms with Crippen molar-refractivity contribution in [2.45, 2.75) is 24.3 Å². The van der Waals surface area contributed by atoms with Crippen LogP contribution in [0, 0.1) is 5.92 Å². The van der Waals surface area contributed by atoms with Gasteiger partial charge < -0.3 is 5.32 Å². The second-order valence-electron chi connectivity index (χ2n) is 7.67. The summed E-state index contributed by atoms with van der Waals surface area (Å²) in [6.45, 7) is 1.17. The molecule has 1 fully saturated rings. The van der Waals surface area contributed by atoms with E-state index in [-0.39, 0.29) is 24.1 Å². The van der Waals surface area contributed by atoms with E-state index in [1.54, 1.807) is 30.0 Å². The van der Waals surface area contributed by atoms with Crippen LogP contribution in [0.2, 0.25) is 15.1 Å². The molecule has 0 aromatic heterocycles. The van der Waals surface area contributed by atoms with Gasteiger partial charge in [0, 0.05) is 36.2 Å². The number of amides is 1. The van der Waals surface area contributed by atoms with E-state index in [0.29, 0.717) is 46.6 Å². The Balaban J connectivity index is 1.45. The molecule has 2 aromatic carbocycles. The van der Waals surface area contributed by atoms with Crippen LogP contribution in [0.15, 0.2) is 42.5 Å². The number of carbonyl (C=O) groups excluding carboxylic acids is 1. The first-order valence-corrected chi connectivity index (χ1v) is 14.2. The van der Waals surface area contributed by atoms with Gasteiger partial charge in [0.15, 0.2) is 0 Å². The number of sulfonamides is 1. The minimum atomic E-state index is -3.56. The Hall–Kier alpha value is -0.960. The number of hydrogen-bond donors (Lipinski definition) is 1. The van der Waals surface area contributed by atoms with Crippen LogP contribution in [0.3, 0.4) is 0 Å². The van der Waals surface area contributed by atoms with Crippen LogP contribution >= 0.6 is 46.6 Å². The molecule has 2 aromatic rings. The van der Waals surface area contributed by atoms with Gasteiger partial charge >= 0.3 is 0 Å². The van der Waals surface area contributed by atoms with E-state index in [1.165, 1.54) is 9.87 Å². The molecular weight excluding hydrogens is 511 g/mol. The zero-order valence-corrected chi connectivity index (χ0v) is 21.3. The monoisotopic (exact) mass is 534 g/mol. The maximum Gasteiger partial charge on any atom is 0.224 e. The first-order chi connectivity index (χ1) is 15.2. The van der Waals surface area contributed by atoms with Crippen molar-refractivity contribution in [1.29, 1.82) is 0 Å². The van der Waals surface area contributed by atoms with Crippen molar-refractivity contribution in [3.63, 3.8) is 0 Å². The van der Waals surface area contributed by atoms with Crippen LogP contribution < -0.4 is 5.32 Å². The van der Waals surface area contributed by atoms with Gasteiger partial charge in [0.05, 0.1) is 21.7 Å². The molecular formula is C22H25Cl3N2O3S2.